The first-order valence-electron chi connectivity index (χ1n) is 5.80. The van der Waals surface area contributed by atoms with Gasteiger partial charge in [-0.2, -0.15) is 5.26 Å². The van der Waals surface area contributed by atoms with Crippen LogP contribution in [0.1, 0.15) is 18.9 Å². The largest absolute Gasteiger partial charge is 0.377 e. The number of anilines is 1. The molecule has 0 bridgehead atoms. The van der Waals surface area contributed by atoms with Crippen molar-refractivity contribution in [2.24, 2.45) is 0 Å². The molecule has 1 fully saturated rings. The minimum absolute atomic E-state index is 0.396. The molecule has 1 aromatic rings. The SMILES string of the molecule is CCC1COCCN1c1ccc(C#N)c(Cl)c1. The maximum atomic E-state index is 8.85. The second kappa shape index (κ2) is 5.39. The molecular weight excluding hydrogens is 236 g/mol. The zero-order valence-electron chi connectivity index (χ0n) is 9.82. The molecule has 1 aliphatic heterocycles. The molecule has 1 aromatic carbocycles. The predicted octanol–water partition coefficient (Wildman–Crippen LogP) is 2.83. The summed E-state index contributed by atoms with van der Waals surface area (Å²) in [5.74, 6) is 0. The van der Waals surface area contributed by atoms with Gasteiger partial charge in [-0.3, -0.25) is 0 Å². The maximum absolute atomic E-state index is 8.85. The van der Waals surface area contributed by atoms with Gasteiger partial charge in [0.15, 0.2) is 0 Å². The summed E-state index contributed by atoms with van der Waals surface area (Å²) in [6.07, 6.45) is 1.04. The normalized spacial score (nSPS) is 20.1. The minimum atomic E-state index is 0.396. The Morgan fingerprint density at radius 1 is 1.59 bits per heavy atom. The van der Waals surface area contributed by atoms with E-state index < -0.39 is 0 Å². The summed E-state index contributed by atoms with van der Waals surface area (Å²) in [5, 5.41) is 9.37. The number of benzene rings is 1. The van der Waals surface area contributed by atoms with Crippen LogP contribution in [0.5, 0.6) is 0 Å². The summed E-state index contributed by atoms with van der Waals surface area (Å²) in [4.78, 5) is 2.30. The molecule has 0 aromatic heterocycles. The Hall–Kier alpha value is -1.24. The Bertz CT molecular complexity index is 442. The van der Waals surface area contributed by atoms with Crippen molar-refractivity contribution in [2.75, 3.05) is 24.7 Å². The molecule has 4 heteroatoms. The Balaban J connectivity index is 2.26. The van der Waals surface area contributed by atoms with Gasteiger partial charge in [-0.1, -0.05) is 18.5 Å². The zero-order valence-corrected chi connectivity index (χ0v) is 10.6. The van der Waals surface area contributed by atoms with Crippen LogP contribution >= 0.6 is 11.6 Å². The molecule has 1 unspecified atom stereocenters. The van der Waals surface area contributed by atoms with Crippen LogP contribution in [-0.4, -0.2) is 25.8 Å². The van der Waals surface area contributed by atoms with Crippen molar-refractivity contribution < 1.29 is 4.74 Å². The highest BCUT2D eigenvalue weighted by Crippen LogP contribution is 2.26. The Kier molecular flexibility index (Phi) is 3.88. The average Bonchev–Trinajstić information content (AvgIpc) is 2.38. The standard InChI is InChI=1S/C13H15ClN2O/c1-2-11-9-17-6-5-16(11)12-4-3-10(8-15)13(14)7-12/h3-4,7,11H,2,5-6,9H2,1H3. The molecule has 0 radical (unpaired) electrons. The third-order valence-electron chi connectivity index (χ3n) is 3.10. The molecule has 0 N–H and O–H groups in total. The third-order valence-corrected chi connectivity index (χ3v) is 3.42. The van der Waals surface area contributed by atoms with E-state index in [1.807, 2.05) is 12.1 Å². The van der Waals surface area contributed by atoms with Crippen LogP contribution in [0.25, 0.3) is 0 Å². The monoisotopic (exact) mass is 250 g/mol. The van der Waals surface area contributed by atoms with Gasteiger partial charge in [0.2, 0.25) is 0 Å². The molecule has 3 nitrogen and oxygen atoms in total. The van der Waals surface area contributed by atoms with E-state index in [0.29, 0.717) is 16.6 Å². The first-order chi connectivity index (χ1) is 8.26. The summed E-state index contributed by atoms with van der Waals surface area (Å²) in [5.41, 5.74) is 1.60. The lowest BCUT2D eigenvalue weighted by atomic mass is 10.1. The average molecular weight is 251 g/mol. The quantitative estimate of drug-likeness (QED) is 0.810. The number of nitrogens with zero attached hydrogens (tertiary/aromatic N) is 2. The molecule has 1 atom stereocenters. The molecule has 0 aliphatic carbocycles. The second-order valence-electron chi connectivity index (χ2n) is 4.11. The summed E-state index contributed by atoms with van der Waals surface area (Å²) >= 11 is 6.06. The van der Waals surface area contributed by atoms with E-state index in [1.165, 1.54) is 0 Å². The van der Waals surface area contributed by atoms with Crippen LogP contribution in [-0.2, 0) is 4.74 Å². The topological polar surface area (TPSA) is 36.3 Å². The van der Waals surface area contributed by atoms with Gasteiger partial charge in [0.25, 0.3) is 0 Å². The van der Waals surface area contributed by atoms with E-state index in [-0.39, 0.29) is 0 Å². The van der Waals surface area contributed by atoms with Crippen molar-refractivity contribution in [1.29, 1.82) is 5.26 Å². The van der Waals surface area contributed by atoms with Gasteiger partial charge in [-0.05, 0) is 24.6 Å². The smallest absolute Gasteiger partial charge is 0.101 e. The molecule has 1 aliphatic rings. The Labute approximate surface area is 107 Å². The van der Waals surface area contributed by atoms with Crippen molar-refractivity contribution in [3.63, 3.8) is 0 Å². The van der Waals surface area contributed by atoms with Crippen LogP contribution in [0.3, 0.4) is 0 Å². The number of rotatable bonds is 2. The fraction of sp³-hybridized carbons (Fsp3) is 0.462. The van der Waals surface area contributed by atoms with Gasteiger partial charge >= 0.3 is 0 Å². The summed E-state index contributed by atoms with van der Waals surface area (Å²) < 4.78 is 5.47. The van der Waals surface area contributed by atoms with E-state index in [4.69, 9.17) is 21.6 Å². The fourth-order valence-electron chi connectivity index (χ4n) is 2.11. The van der Waals surface area contributed by atoms with E-state index in [1.54, 1.807) is 6.07 Å². The number of hydrogen-bond donors (Lipinski definition) is 0. The molecule has 90 valence electrons. The molecule has 1 heterocycles. The van der Waals surface area contributed by atoms with E-state index in [0.717, 1.165) is 31.9 Å². The number of nitriles is 1. The predicted molar refractivity (Wildman–Crippen MR) is 68.4 cm³/mol. The van der Waals surface area contributed by atoms with Crippen molar-refractivity contribution in [3.05, 3.63) is 28.8 Å². The number of halogens is 1. The van der Waals surface area contributed by atoms with Gasteiger partial charge < -0.3 is 9.64 Å². The van der Waals surface area contributed by atoms with Crippen molar-refractivity contribution in [3.8, 4) is 6.07 Å². The minimum Gasteiger partial charge on any atom is -0.377 e. The highest BCUT2D eigenvalue weighted by atomic mass is 35.5. The highest BCUT2D eigenvalue weighted by molar-refractivity contribution is 6.32. The number of ether oxygens (including phenoxy) is 1. The summed E-state index contributed by atoms with van der Waals surface area (Å²) in [6, 6.07) is 8.08. The van der Waals surface area contributed by atoms with Crippen LogP contribution < -0.4 is 4.90 Å². The maximum Gasteiger partial charge on any atom is 0.101 e. The van der Waals surface area contributed by atoms with Gasteiger partial charge in [0, 0.05) is 12.2 Å². The lowest BCUT2D eigenvalue weighted by molar-refractivity contribution is 0.0930. The highest BCUT2D eigenvalue weighted by Gasteiger charge is 2.22. The van der Waals surface area contributed by atoms with Gasteiger partial charge in [-0.25, -0.2) is 0 Å². The van der Waals surface area contributed by atoms with Gasteiger partial charge in [0.05, 0.1) is 29.8 Å². The molecular formula is C13H15ClN2O. The molecule has 1 saturated heterocycles. The summed E-state index contributed by atoms with van der Waals surface area (Å²) in [6.45, 7) is 4.53. The van der Waals surface area contributed by atoms with Crippen molar-refractivity contribution in [1.82, 2.24) is 0 Å². The lowest BCUT2D eigenvalue weighted by Gasteiger charge is -2.37. The van der Waals surface area contributed by atoms with E-state index >= 15 is 0 Å². The van der Waals surface area contributed by atoms with Gasteiger partial charge in [-0.15, -0.1) is 0 Å². The molecule has 2 rings (SSSR count). The van der Waals surface area contributed by atoms with Crippen molar-refractivity contribution >= 4 is 17.3 Å². The van der Waals surface area contributed by atoms with Crippen LogP contribution in [0, 0.1) is 11.3 Å². The fourth-order valence-corrected chi connectivity index (χ4v) is 2.32. The molecule has 0 saturated carbocycles. The lowest BCUT2D eigenvalue weighted by Crippen LogP contribution is -2.45. The molecule has 17 heavy (non-hydrogen) atoms. The van der Waals surface area contributed by atoms with E-state index in [9.17, 15) is 0 Å². The molecule has 0 amide bonds. The second-order valence-corrected chi connectivity index (χ2v) is 4.51. The molecule has 0 spiro atoms. The van der Waals surface area contributed by atoms with E-state index in [2.05, 4.69) is 17.9 Å². The number of hydrogen-bond acceptors (Lipinski definition) is 3. The Morgan fingerprint density at radius 2 is 2.41 bits per heavy atom. The van der Waals surface area contributed by atoms with Crippen LogP contribution in [0.4, 0.5) is 5.69 Å². The van der Waals surface area contributed by atoms with Crippen LogP contribution in [0.2, 0.25) is 5.02 Å². The van der Waals surface area contributed by atoms with Crippen LogP contribution in [0.15, 0.2) is 18.2 Å². The first-order valence-corrected chi connectivity index (χ1v) is 6.18. The van der Waals surface area contributed by atoms with Crippen molar-refractivity contribution in [2.45, 2.75) is 19.4 Å². The first kappa shape index (κ1) is 12.2. The summed E-state index contributed by atoms with van der Waals surface area (Å²) in [7, 11) is 0. The third kappa shape index (κ3) is 2.54. The zero-order chi connectivity index (χ0) is 12.3. The number of morpholine rings is 1. The van der Waals surface area contributed by atoms with Gasteiger partial charge in [0.1, 0.15) is 6.07 Å². The Morgan fingerprint density at radius 3 is 3.06 bits per heavy atom.